The zero-order valence-electron chi connectivity index (χ0n) is 25.9. The molecule has 6 rings (SSSR count). The third-order valence-electron chi connectivity index (χ3n) is 8.46. The summed E-state index contributed by atoms with van der Waals surface area (Å²) < 4.78 is 10.5. The number of methoxy groups -OCH3 is 2. The molecule has 0 fully saturated rings. The third-order valence-corrected chi connectivity index (χ3v) is 8.46. The Hall–Kier alpha value is -5.06. The van der Waals surface area contributed by atoms with Crippen LogP contribution in [-0.2, 0) is 13.1 Å². The quantitative estimate of drug-likeness (QED) is 0.157. The van der Waals surface area contributed by atoms with E-state index in [0.717, 1.165) is 22.6 Å². The van der Waals surface area contributed by atoms with E-state index >= 15 is 0 Å². The minimum atomic E-state index is -0.418. The molecule has 4 aromatic rings. The lowest BCUT2D eigenvalue weighted by Crippen LogP contribution is -2.44. The summed E-state index contributed by atoms with van der Waals surface area (Å²) in [5, 5.41) is 7.47. The monoisotopic (exact) mass is 620 g/mol. The molecule has 0 saturated heterocycles. The average Bonchev–Trinajstić information content (AvgIpc) is 3.08. The van der Waals surface area contributed by atoms with E-state index < -0.39 is 23.6 Å². The molecule has 236 valence electrons. The highest BCUT2D eigenvalue weighted by Gasteiger charge is 2.39. The number of rotatable bonds is 14. The third kappa shape index (κ3) is 5.96. The van der Waals surface area contributed by atoms with Crippen molar-refractivity contribution < 1.29 is 28.7 Å². The second kappa shape index (κ2) is 13.5. The van der Waals surface area contributed by atoms with E-state index in [-0.39, 0.29) is 13.1 Å². The van der Waals surface area contributed by atoms with E-state index in [0.29, 0.717) is 72.0 Å². The standard InChI is InChI=1S/C36H36N4O6/c1-45-25-9-3-7-23(19-25)21-37-15-5-17-39-33(41)27-11-13-29-32-30(14-12-28(31(27)32)34(39)42)36(44)40(35(29)43)18-6-16-38-22-24-8-4-10-26(20-24)46-2/h3-4,7-14,19-20,37-38H,5-6,15-18,21-22H2,1-2H3. The van der Waals surface area contributed by atoms with Crippen molar-refractivity contribution in [3.8, 4) is 11.5 Å². The summed E-state index contributed by atoms with van der Waals surface area (Å²) in [5.41, 5.74) is 3.46. The Morgan fingerprint density at radius 1 is 0.543 bits per heavy atom. The number of hydrogen-bond acceptors (Lipinski definition) is 8. The molecule has 0 aromatic heterocycles. The van der Waals surface area contributed by atoms with Gasteiger partial charge in [-0.2, -0.15) is 0 Å². The van der Waals surface area contributed by atoms with E-state index in [2.05, 4.69) is 10.6 Å². The molecule has 0 radical (unpaired) electrons. The molecular formula is C36H36N4O6. The van der Waals surface area contributed by atoms with Gasteiger partial charge in [-0.1, -0.05) is 24.3 Å². The largest absolute Gasteiger partial charge is 0.497 e. The molecule has 0 aliphatic carbocycles. The van der Waals surface area contributed by atoms with Crippen LogP contribution < -0.4 is 20.1 Å². The van der Waals surface area contributed by atoms with Crippen molar-refractivity contribution in [3.63, 3.8) is 0 Å². The van der Waals surface area contributed by atoms with E-state index in [9.17, 15) is 19.2 Å². The van der Waals surface area contributed by atoms with E-state index in [4.69, 9.17) is 9.47 Å². The Labute approximate surface area is 267 Å². The highest BCUT2D eigenvalue weighted by molar-refractivity contribution is 6.33. The molecular weight excluding hydrogens is 584 g/mol. The molecule has 0 unspecified atom stereocenters. The fraction of sp³-hybridized carbons (Fsp3) is 0.278. The van der Waals surface area contributed by atoms with Crippen molar-refractivity contribution in [2.75, 3.05) is 40.4 Å². The predicted molar refractivity (Wildman–Crippen MR) is 173 cm³/mol. The Morgan fingerprint density at radius 3 is 1.26 bits per heavy atom. The van der Waals surface area contributed by atoms with Crippen LogP contribution >= 0.6 is 0 Å². The van der Waals surface area contributed by atoms with Gasteiger partial charge < -0.3 is 20.1 Å². The Kier molecular flexibility index (Phi) is 9.09. The predicted octanol–water partition coefficient (Wildman–Crippen LogP) is 4.41. The normalized spacial score (nSPS) is 14.0. The minimum Gasteiger partial charge on any atom is -0.497 e. The van der Waals surface area contributed by atoms with E-state index in [1.54, 1.807) is 38.5 Å². The van der Waals surface area contributed by atoms with Gasteiger partial charge in [0.25, 0.3) is 23.6 Å². The Morgan fingerprint density at radius 2 is 0.913 bits per heavy atom. The van der Waals surface area contributed by atoms with Gasteiger partial charge >= 0.3 is 0 Å². The number of carbonyl (C=O) groups is 4. The molecule has 4 aromatic carbocycles. The van der Waals surface area contributed by atoms with Crippen LogP contribution in [0.25, 0.3) is 10.8 Å². The van der Waals surface area contributed by atoms with Crippen LogP contribution in [0.2, 0.25) is 0 Å². The second-order valence-corrected chi connectivity index (χ2v) is 11.4. The van der Waals surface area contributed by atoms with Crippen LogP contribution in [0.3, 0.4) is 0 Å². The number of nitrogens with one attached hydrogen (secondary N) is 2. The molecule has 10 heteroatoms. The van der Waals surface area contributed by atoms with Crippen molar-refractivity contribution in [1.29, 1.82) is 0 Å². The molecule has 10 nitrogen and oxygen atoms in total. The van der Waals surface area contributed by atoms with Crippen LogP contribution in [0.4, 0.5) is 0 Å². The molecule has 0 spiro atoms. The van der Waals surface area contributed by atoms with Gasteiger partial charge in [0.1, 0.15) is 11.5 Å². The van der Waals surface area contributed by atoms with Gasteiger partial charge in [-0.05, 0) is 85.6 Å². The molecule has 0 saturated carbocycles. The fourth-order valence-corrected chi connectivity index (χ4v) is 6.14. The van der Waals surface area contributed by atoms with Crippen molar-refractivity contribution >= 4 is 34.4 Å². The summed E-state index contributed by atoms with van der Waals surface area (Å²) in [6.45, 7) is 2.94. The van der Waals surface area contributed by atoms with E-state index in [1.165, 1.54) is 9.80 Å². The Balaban J connectivity index is 1.09. The maximum absolute atomic E-state index is 13.5. The lowest BCUT2D eigenvalue weighted by atomic mass is 9.86. The SMILES string of the molecule is COc1cccc(CNCCCN2C(=O)c3ccc4c5c(ccc(c35)C2=O)C(=O)N(CCCNCc2cccc(OC)c2)C4=O)c1. The molecule has 2 N–H and O–H groups in total. The Bertz CT molecular complexity index is 1630. The number of benzene rings is 4. The van der Waals surface area contributed by atoms with Crippen LogP contribution in [0.1, 0.15) is 65.4 Å². The number of amides is 4. The minimum absolute atomic E-state index is 0.241. The highest BCUT2D eigenvalue weighted by Crippen LogP contribution is 2.37. The van der Waals surface area contributed by atoms with Gasteiger partial charge in [0.2, 0.25) is 0 Å². The lowest BCUT2D eigenvalue weighted by Gasteiger charge is -2.32. The summed E-state index contributed by atoms with van der Waals surface area (Å²) >= 11 is 0. The average molecular weight is 621 g/mol. The van der Waals surface area contributed by atoms with Crippen molar-refractivity contribution in [1.82, 2.24) is 20.4 Å². The van der Waals surface area contributed by atoms with Gasteiger partial charge in [0, 0.05) is 59.2 Å². The number of carbonyl (C=O) groups excluding carboxylic acids is 4. The number of nitrogens with zero attached hydrogens (tertiary/aromatic N) is 2. The maximum Gasteiger partial charge on any atom is 0.261 e. The summed E-state index contributed by atoms with van der Waals surface area (Å²) in [6.07, 6.45) is 1.13. The first-order valence-corrected chi connectivity index (χ1v) is 15.4. The second-order valence-electron chi connectivity index (χ2n) is 11.4. The molecule has 2 aliphatic heterocycles. The van der Waals surface area contributed by atoms with Crippen molar-refractivity contribution in [3.05, 3.63) is 106 Å². The van der Waals surface area contributed by atoms with E-state index in [1.807, 2.05) is 48.5 Å². The zero-order valence-corrected chi connectivity index (χ0v) is 25.9. The maximum atomic E-state index is 13.5. The smallest absolute Gasteiger partial charge is 0.261 e. The van der Waals surface area contributed by atoms with Gasteiger partial charge in [0.05, 0.1) is 14.2 Å². The number of hydrogen-bond donors (Lipinski definition) is 2. The summed E-state index contributed by atoms with van der Waals surface area (Å²) in [5.74, 6) is -0.103. The van der Waals surface area contributed by atoms with Gasteiger partial charge in [-0.15, -0.1) is 0 Å². The molecule has 0 atom stereocenters. The van der Waals surface area contributed by atoms with Crippen LogP contribution in [-0.4, -0.2) is 73.8 Å². The van der Waals surface area contributed by atoms with Gasteiger partial charge in [-0.25, -0.2) is 0 Å². The summed E-state index contributed by atoms with van der Waals surface area (Å²) in [6, 6.07) is 22.0. The zero-order chi connectivity index (χ0) is 32.2. The number of ether oxygens (including phenoxy) is 2. The van der Waals surface area contributed by atoms with Gasteiger partial charge in [0.15, 0.2) is 0 Å². The first-order chi connectivity index (χ1) is 22.4. The van der Waals surface area contributed by atoms with Crippen LogP contribution in [0.15, 0.2) is 72.8 Å². The summed E-state index contributed by atoms with van der Waals surface area (Å²) in [4.78, 5) is 56.7. The molecule has 2 heterocycles. The highest BCUT2D eigenvalue weighted by atomic mass is 16.5. The van der Waals surface area contributed by atoms with Crippen molar-refractivity contribution in [2.24, 2.45) is 0 Å². The fourth-order valence-electron chi connectivity index (χ4n) is 6.14. The summed E-state index contributed by atoms with van der Waals surface area (Å²) in [7, 11) is 3.25. The first-order valence-electron chi connectivity index (χ1n) is 15.4. The molecule has 0 bridgehead atoms. The topological polar surface area (TPSA) is 117 Å². The molecule has 2 aliphatic rings. The number of imide groups is 2. The first kappa shape index (κ1) is 30.9. The van der Waals surface area contributed by atoms with Crippen LogP contribution in [0.5, 0.6) is 11.5 Å². The molecule has 4 amide bonds. The van der Waals surface area contributed by atoms with Crippen molar-refractivity contribution in [2.45, 2.75) is 25.9 Å². The molecule has 46 heavy (non-hydrogen) atoms. The van der Waals surface area contributed by atoms with Crippen LogP contribution in [0, 0.1) is 0 Å². The van der Waals surface area contributed by atoms with Gasteiger partial charge in [-0.3, -0.25) is 29.0 Å². The lowest BCUT2D eigenvalue weighted by molar-refractivity contribution is 0.0587.